The number of halogens is 1. The van der Waals surface area contributed by atoms with Crippen molar-refractivity contribution in [2.45, 2.75) is 20.3 Å². The molecule has 168 valence electrons. The summed E-state index contributed by atoms with van der Waals surface area (Å²) in [7, 11) is 0. The first-order chi connectivity index (χ1) is 15.4. The first kappa shape index (κ1) is 22.0. The second-order valence-corrected chi connectivity index (χ2v) is 8.30. The summed E-state index contributed by atoms with van der Waals surface area (Å²) < 4.78 is 20.8. The van der Waals surface area contributed by atoms with Crippen molar-refractivity contribution >= 4 is 22.8 Å². The van der Waals surface area contributed by atoms with Gasteiger partial charge in [-0.1, -0.05) is 19.9 Å². The van der Waals surface area contributed by atoms with Gasteiger partial charge in [-0.05, 0) is 48.7 Å². The highest BCUT2D eigenvalue weighted by Crippen LogP contribution is 2.22. The summed E-state index contributed by atoms with van der Waals surface area (Å²) in [6.45, 7) is 6.92. The molecule has 7 nitrogen and oxygen atoms in total. The normalized spacial score (nSPS) is 14.2. The van der Waals surface area contributed by atoms with Crippen LogP contribution in [0.1, 0.15) is 30.6 Å². The van der Waals surface area contributed by atoms with E-state index >= 15 is 0 Å². The van der Waals surface area contributed by atoms with Gasteiger partial charge in [0, 0.05) is 25.2 Å². The number of hydrogen-bond acceptors (Lipinski definition) is 5. The predicted molar refractivity (Wildman–Crippen MR) is 122 cm³/mol. The minimum atomic E-state index is -0.434. The molecule has 0 radical (unpaired) electrons. The number of anilines is 1. The Hall–Kier alpha value is -3.26. The van der Waals surface area contributed by atoms with Gasteiger partial charge in [-0.15, -0.1) is 0 Å². The molecule has 1 fully saturated rings. The molecular formula is C24H27FN4O3. The largest absolute Gasteiger partial charge is 0.378 e. The summed E-state index contributed by atoms with van der Waals surface area (Å²) in [4.78, 5) is 32.7. The van der Waals surface area contributed by atoms with Crippen molar-refractivity contribution in [2.24, 2.45) is 5.92 Å². The number of morpholine rings is 1. The smallest absolute Gasteiger partial charge is 0.267 e. The van der Waals surface area contributed by atoms with Crippen LogP contribution in [0.5, 0.6) is 0 Å². The Morgan fingerprint density at radius 1 is 1.19 bits per heavy atom. The van der Waals surface area contributed by atoms with Crippen molar-refractivity contribution < 1.29 is 13.9 Å². The molecule has 4 rings (SSSR count). The van der Waals surface area contributed by atoms with Crippen molar-refractivity contribution in [2.75, 3.05) is 37.7 Å². The molecule has 0 saturated carbocycles. The molecule has 0 bridgehead atoms. The topological polar surface area (TPSA) is 76.5 Å². The molecular weight excluding hydrogens is 411 g/mol. The Kier molecular flexibility index (Phi) is 6.50. The number of nitrogens with one attached hydrogen (secondary N) is 1. The highest BCUT2D eigenvalue weighted by molar-refractivity contribution is 5.97. The molecule has 0 atom stereocenters. The number of fused-ring (bicyclic) bond motifs is 1. The van der Waals surface area contributed by atoms with Gasteiger partial charge in [0.25, 0.3) is 11.5 Å². The van der Waals surface area contributed by atoms with Gasteiger partial charge < -0.3 is 15.0 Å². The van der Waals surface area contributed by atoms with Crippen LogP contribution in [0.3, 0.4) is 0 Å². The quantitative estimate of drug-likeness (QED) is 0.640. The molecule has 0 aliphatic carbocycles. The number of rotatable bonds is 6. The number of hydrogen-bond donors (Lipinski definition) is 1. The fourth-order valence-electron chi connectivity index (χ4n) is 3.72. The molecule has 1 aliphatic rings. The maximum absolute atomic E-state index is 14.0. The van der Waals surface area contributed by atoms with Gasteiger partial charge in [0.15, 0.2) is 0 Å². The standard InChI is InChI=1S/C24H27FN4O3/c1-16(2)8-9-26-22(30)17-6-7-20-21(14-17)27-24(28-10-12-32-13-11-28)29(23(20)31)19-5-3-4-18(25)15-19/h3-7,14-16H,8-13H2,1-2H3,(H,26,30). The SMILES string of the molecule is CC(C)CCNC(=O)c1ccc2c(=O)n(-c3cccc(F)c3)c(N3CCOCC3)nc2c1. The van der Waals surface area contributed by atoms with Crippen LogP contribution in [0.4, 0.5) is 10.3 Å². The van der Waals surface area contributed by atoms with Crippen LogP contribution in [-0.2, 0) is 4.74 Å². The lowest BCUT2D eigenvalue weighted by atomic mass is 10.1. The minimum absolute atomic E-state index is 0.198. The number of aromatic nitrogens is 2. The highest BCUT2D eigenvalue weighted by atomic mass is 19.1. The highest BCUT2D eigenvalue weighted by Gasteiger charge is 2.21. The summed E-state index contributed by atoms with van der Waals surface area (Å²) in [6, 6.07) is 10.8. The van der Waals surface area contributed by atoms with Gasteiger partial charge in [-0.25, -0.2) is 13.9 Å². The van der Waals surface area contributed by atoms with Crippen molar-refractivity contribution in [3.63, 3.8) is 0 Å². The van der Waals surface area contributed by atoms with Crippen molar-refractivity contribution in [1.82, 2.24) is 14.9 Å². The summed E-state index contributed by atoms with van der Waals surface area (Å²) in [5.41, 5.74) is 0.973. The van der Waals surface area contributed by atoms with Gasteiger partial charge in [0.1, 0.15) is 5.82 Å². The second kappa shape index (κ2) is 9.48. The van der Waals surface area contributed by atoms with Crippen molar-refractivity contribution in [3.05, 3.63) is 64.2 Å². The maximum Gasteiger partial charge on any atom is 0.267 e. The van der Waals surface area contributed by atoms with Gasteiger partial charge in [0.2, 0.25) is 5.95 Å². The van der Waals surface area contributed by atoms with Crippen LogP contribution >= 0.6 is 0 Å². The third-order valence-corrected chi connectivity index (χ3v) is 5.48. The summed E-state index contributed by atoms with van der Waals surface area (Å²) in [5, 5.41) is 3.28. The van der Waals surface area contributed by atoms with E-state index < -0.39 is 5.82 Å². The molecule has 1 N–H and O–H groups in total. The molecule has 0 unspecified atom stereocenters. The van der Waals surface area contributed by atoms with Crippen LogP contribution in [0.25, 0.3) is 16.6 Å². The fourth-order valence-corrected chi connectivity index (χ4v) is 3.72. The van der Waals surface area contributed by atoms with Crippen molar-refractivity contribution in [1.29, 1.82) is 0 Å². The zero-order valence-electron chi connectivity index (χ0n) is 18.3. The van der Waals surface area contributed by atoms with E-state index in [1.807, 2.05) is 4.90 Å². The third kappa shape index (κ3) is 4.65. The Bertz CT molecular complexity index is 1190. The van der Waals surface area contributed by atoms with Crippen molar-refractivity contribution in [3.8, 4) is 5.69 Å². The Morgan fingerprint density at radius 3 is 2.69 bits per heavy atom. The zero-order chi connectivity index (χ0) is 22.7. The van der Waals surface area contributed by atoms with E-state index in [1.165, 1.54) is 16.7 Å². The summed E-state index contributed by atoms with van der Waals surface area (Å²) >= 11 is 0. The zero-order valence-corrected chi connectivity index (χ0v) is 18.3. The molecule has 32 heavy (non-hydrogen) atoms. The first-order valence-electron chi connectivity index (χ1n) is 10.9. The van der Waals surface area contributed by atoms with E-state index in [1.54, 1.807) is 30.3 Å². The van der Waals surface area contributed by atoms with Crippen LogP contribution in [0.2, 0.25) is 0 Å². The third-order valence-electron chi connectivity index (χ3n) is 5.48. The molecule has 1 amide bonds. The minimum Gasteiger partial charge on any atom is -0.378 e. The monoisotopic (exact) mass is 438 g/mol. The molecule has 3 aromatic rings. The predicted octanol–water partition coefficient (Wildman–Crippen LogP) is 3.14. The number of nitrogens with zero attached hydrogens (tertiary/aromatic N) is 3. The average Bonchev–Trinajstić information content (AvgIpc) is 2.79. The number of benzene rings is 2. The summed E-state index contributed by atoms with van der Waals surface area (Å²) in [6.07, 6.45) is 0.886. The average molecular weight is 439 g/mol. The lowest BCUT2D eigenvalue weighted by Crippen LogP contribution is -2.40. The van der Waals surface area contributed by atoms with E-state index in [0.717, 1.165) is 6.42 Å². The van der Waals surface area contributed by atoms with E-state index in [0.29, 0.717) is 66.9 Å². The van der Waals surface area contributed by atoms with E-state index in [-0.39, 0.29) is 11.5 Å². The van der Waals surface area contributed by atoms with E-state index in [9.17, 15) is 14.0 Å². The Balaban J connectivity index is 1.80. The molecule has 2 heterocycles. The van der Waals surface area contributed by atoms with Gasteiger partial charge in [-0.3, -0.25) is 9.59 Å². The molecule has 2 aromatic carbocycles. The second-order valence-electron chi connectivity index (χ2n) is 8.30. The number of carbonyl (C=O) groups excluding carboxylic acids is 1. The Morgan fingerprint density at radius 2 is 1.97 bits per heavy atom. The lowest BCUT2D eigenvalue weighted by Gasteiger charge is -2.30. The molecule has 1 aliphatic heterocycles. The van der Waals surface area contributed by atoms with Crippen LogP contribution in [0, 0.1) is 11.7 Å². The maximum atomic E-state index is 14.0. The number of ether oxygens (including phenoxy) is 1. The van der Waals surface area contributed by atoms with E-state index in [2.05, 4.69) is 19.2 Å². The van der Waals surface area contributed by atoms with Gasteiger partial charge >= 0.3 is 0 Å². The summed E-state index contributed by atoms with van der Waals surface area (Å²) in [5.74, 6) is 0.270. The Labute approximate surface area is 185 Å². The number of carbonyl (C=O) groups is 1. The fraction of sp³-hybridized carbons (Fsp3) is 0.375. The van der Waals surface area contributed by atoms with E-state index in [4.69, 9.17) is 9.72 Å². The van der Waals surface area contributed by atoms with Gasteiger partial charge in [0.05, 0.1) is 29.8 Å². The van der Waals surface area contributed by atoms with Crippen LogP contribution < -0.4 is 15.8 Å². The molecule has 8 heteroatoms. The lowest BCUT2D eigenvalue weighted by molar-refractivity contribution is 0.0952. The van der Waals surface area contributed by atoms with Crippen LogP contribution in [-0.4, -0.2) is 48.3 Å². The first-order valence-corrected chi connectivity index (χ1v) is 10.9. The molecule has 1 saturated heterocycles. The van der Waals surface area contributed by atoms with Crippen LogP contribution in [0.15, 0.2) is 47.3 Å². The van der Waals surface area contributed by atoms with Gasteiger partial charge in [-0.2, -0.15) is 0 Å². The molecule has 0 spiro atoms. The number of amides is 1. The molecule has 1 aromatic heterocycles.